The minimum Gasteiger partial charge on any atom is -0.383 e. The van der Waals surface area contributed by atoms with E-state index >= 15 is 0 Å². The molecule has 0 aliphatic carbocycles. The molecule has 2 rings (SSSR count). The van der Waals surface area contributed by atoms with E-state index in [0.717, 1.165) is 28.0 Å². The van der Waals surface area contributed by atoms with Crippen molar-refractivity contribution >= 4 is 21.7 Å². The van der Waals surface area contributed by atoms with E-state index in [-0.39, 0.29) is 0 Å². The minimum absolute atomic E-state index is 0.692. The molecule has 0 aliphatic heterocycles. The van der Waals surface area contributed by atoms with Gasteiger partial charge >= 0.3 is 0 Å². The maximum absolute atomic E-state index is 6.23. The van der Waals surface area contributed by atoms with Gasteiger partial charge in [-0.1, -0.05) is 35.0 Å². The molecular formula is C15H18BrN3. The summed E-state index contributed by atoms with van der Waals surface area (Å²) in [6.07, 6.45) is 2.70. The number of aryl methyl sites for hydroxylation is 2. The van der Waals surface area contributed by atoms with Crippen molar-refractivity contribution in [2.24, 2.45) is 0 Å². The molecule has 2 N–H and O–H groups in total. The molecule has 0 aliphatic rings. The lowest BCUT2D eigenvalue weighted by Crippen LogP contribution is -2.05. The molecule has 3 nitrogen and oxygen atoms in total. The van der Waals surface area contributed by atoms with Gasteiger partial charge in [0.2, 0.25) is 0 Å². The highest BCUT2D eigenvalue weighted by molar-refractivity contribution is 9.10. The Balaban J connectivity index is 2.55. The second-order valence-corrected chi connectivity index (χ2v) is 5.33. The minimum atomic E-state index is 0.692. The van der Waals surface area contributed by atoms with Crippen LogP contribution in [0, 0.1) is 6.92 Å². The molecular weight excluding hydrogens is 302 g/mol. The van der Waals surface area contributed by atoms with Crippen LogP contribution in [0.1, 0.15) is 18.3 Å². The quantitative estimate of drug-likeness (QED) is 0.867. The van der Waals surface area contributed by atoms with Crippen molar-refractivity contribution in [3.05, 3.63) is 46.7 Å². The molecule has 0 amide bonds. The molecule has 19 heavy (non-hydrogen) atoms. The van der Waals surface area contributed by atoms with Crippen LogP contribution in [0.4, 0.5) is 5.82 Å². The standard InChI is InChI=1S/C15H18BrN3/c1-4-8-19-13(5-2)18-14(15(19)17)11-6-7-12(16)10(3)9-11/h4,6-7,9H,1,5,8,17H2,2-3H3. The van der Waals surface area contributed by atoms with Crippen LogP contribution in [-0.2, 0) is 13.0 Å². The predicted octanol–water partition coefficient (Wildman–Crippen LogP) is 3.95. The fraction of sp³-hybridized carbons (Fsp3) is 0.267. The van der Waals surface area contributed by atoms with Crippen molar-refractivity contribution in [1.29, 1.82) is 0 Å². The van der Waals surface area contributed by atoms with Crippen LogP contribution >= 0.6 is 15.9 Å². The van der Waals surface area contributed by atoms with E-state index < -0.39 is 0 Å². The van der Waals surface area contributed by atoms with Gasteiger partial charge in [-0.25, -0.2) is 4.98 Å². The number of halogens is 1. The molecule has 100 valence electrons. The number of nitrogen functional groups attached to an aromatic ring is 1. The van der Waals surface area contributed by atoms with E-state index in [2.05, 4.69) is 47.4 Å². The molecule has 0 bridgehead atoms. The summed E-state index contributed by atoms with van der Waals surface area (Å²) < 4.78 is 3.11. The molecule has 0 saturated carbocycles. The second-order valence-electron chi connectivity index (χ2n) is 4.48. The van der Waals surface area contributed by atoms with Crippen molar-refractivity contribution in [2.75, 3.05) is 5.73 Å². The zero-order chi connectivity index (χ0) is 14.0. The Morgan fingerprint density at radius 1 is 1.47 bits per heavy atom. The van der Waals surface area contributed by atoms with Crippen molar-refractivity contribution in [1.82, 2.24) is 9.55 Å². The predicted molar refractivity (Wildman–Crippen MR) is 84.1 cm³/mol. The van der Waals surface area contributed by atoms with Crippen molar-refractivity contribution in [3.63, 3.8) is 0 Å². The van der Waals surface area contributed by atoms with Gasteiger partial charge in [0, 0.05) is 23.0 Å². The Morgan fingerprint density at radius 3 is 2.79 bits per heavy atom. The Morgan fingerprint density at radius 2 is 2.21 bits per heavy atom. The summed E-state index contributed by atoms with van der Waals surface area (Å²) in [5.41, 5.74) is 9.31. The SMILES string of the molecule is C=CCn1c(CC)nc(-c2ccc(Br)c(C)c2)c1N. The van der Waals surface area contributed by atoms with Gasteiger partial charge in [-0.15, -0.1) is 6.58 Å². The summed E-state index contributed by atoms with van der Waals surface area (Å²) in [6.45, 7) is 8.60. The van der Waals surface area contributed by atoms with Gasteiger partial charge < -0.3 is 10.3 Å². The number of aromatic nitrogens is 2. The van der Waals surface area contributed by atoms with Crippen LogP contribution in [0.5, 0.6) is 0 Å². The highest BCUT2D eigenvalue weighted by Gasteiger charge is 2.14. The summed E-state index contributed by atoms with van der Waals surface area (Å²) >= 11 is 3.51. The molecule has 0 unspecified atom stereocenters. The van der Waals surface area contributed by atoms with Gasteiger partial charge in [0.1, 0.15) is 17.3 Å². The lowest BCUT2D eigenvalue weighted by molar-refractivity contribution is 0.757. The van der Waals surface area contributed by atoms with Gasteiger partial charge in [-0.2, -0.15) is 0 Å². The van der Waals surface area contributed by atoms with Gasteiger partial charge in [-0.05, 0) is 24.6 Å². The summed E-state index contributed by atoms with van der Waals surface area (Å²) in [5, 5.41) is 0. The third-order valence-corrected chi connectivity index (χ3v) is 4.03. The Bertz CT molecular complexity index is 614. The molecule has 2 aromatic rings. The number of allylic oxidation sites excluding steroid dienone is 1. The first-order chi connectivity index (χ1) is 9.08. The second kappa shape index (κ2) is 5.61. The van der Waals surface area contributed by atoms with E-state index in [1.165, 1.54) is 5.56 Å². The maximum atomic E-state index is 6.23. The van der Waals surface area contributed by atoms with Crippen molar-refractivity contribution in [3.8, 4) is 11.3 Å². The molecule has 1 heterocycles. The van der Waals surface area contributed by atoms with E-state index in [4.69, 9.17) is 5.73 Å². The maximum Gasteiger partial charge on any atom is 0.132 e. The van der Waals surface area contributed by atoms with Crippen LogP contribution in [0.25, 0.3) is 11.3 Å². The first-order valence-corrected chi connectivity index (χ1v) is 7.10. The molecule has 0 spiro atoms. The molecule has 0 radical (unpaired) electrons. The topological polar surface area (TPSA) is 43.8 Å². The van der Waals surface area contributed by atoms with E-state index in [0.29, 0.717) is 12.4 Å². The smallest absolute Gasteiger partial charge is 0.132 e. The number of imidazole rings is 1. The lowest BCUT2D eigenvalue weighted by Gasteiger charge is -2.06. The van der Waals surface area contributed by atoms with Crippen molar-refractivity contribution in [2.45, 2.75) is 26.8 Å². The van der Waals surface area contributed by atoms with Gasteiger partial charge in [-0.3, -0.25) is 0 Å². The number of hydrogen-bond acceptors (Lipinski definition) is 2. The third kappa shape index (κ3) is 2.59. The number of benzene rings is 1. The number of nitrogens with zero attached hydrogens (tertiary/aromatic N) is 2. The summed E-state index contributed by atoms with van der Waals surface area (Å²) in [4.78, 5) is 4.66. The zero-order valence-corrected chi connectivity index (χ0v) is 12.9. The van der Waals surface area contributed by atoms with Crippen LogP contribution in [0.15, 0.2) is 35.3 Å². The highest BCUT2D eigenvalue weighted by atomic mass is 79.9. The zero-order valence-electron chi connectivity index (χ0n) is 11.3. The largest absolute Gasteiger partial charge is 0.383 e. The monoisotopic (exact) mass is 319 g/mol. The molecule has 0 saturated heterocycles. The molecule has 4 heteroatoms. The molecule has 1 aromatic heterocycles. The summed E-state index contributed by atoms with van der Waals surface area (Å²) in [6, 6.07) is 6.16. The molecule has 1 aromatic carbocycles. The highest BCUT2D eigenvalue weighted by Crippen LogP contribution is 2.29. The number of hydrogen-bond donors (Lipinski definition) is 1. The van der Waals surface area contributed by atoms with Crippen LogP contribution in [0.2, 0.25) is 0 Å². The Hall–Kier alpha value is -1.55. The van der Waals surface area contributed by atoms with Gasteiger partial charge in [0.05, 0.1) is 0 Å². The average molecular weight is 320 g/mol. The molecule has 0 atom stereocenters. The third-order valence-electron chi connectivity index (χ3n) is 3.15. The fourth-order valence-electron chi connectivity index (χ4n) is 2.12. The van der Waals surface area contributed by atoms with E-state index in [1.807, 2.05) is 22.8 Å². The van der Waals surface area contributed by atoms with E-state index in [9.17, 15) is 0 Å². The molecule has 0 fully saturated rings. The van der Waals surface area contributed by atoms with E-state index in [1.54, 1.807) is 0 Å². The first kappa shape index (κ1) is 13.9. The first-order valence-electron chi connectivity index (χ1n) is 6.30. The lowest BCUT2D eigenvalue weighted by atomic mass is 10.1. The van der Waals surface area contributed by atoms with Crippen LogP contribution < -0.4 is 5.73 Å². The average Bonchev–Trinajstić information content (AvgIpc) is 2.71. The van der Waals surface area contributed by atoms with Gasteiger partial charge in [0.15, 0.2) is 0 Å². The summed E-state index contributed by atoms with van der Waals surface area (Å²) in [5.74, 6) is 1.70. The normalized spacial score (nSPS) is 10.7. The number of rotatable bonds is 4. The number of nitrogens with two attached hydrogens (primary N) is 1. The van der Waals surface area contributed by atoms with Crippen molar-refractivity contribution < 1.29 is 0 Å². The van der Waals surface area contributed by atoms with Crippen LogP contribution in [-0.4, -0.2) is 9.55 Å². The fourth-order valence-corrected chi connectivity index (χ4v) is 2.37. The van der Waals surface area contributed by atoms with Gasteiger partial charge in [0.25, 0.3) is 0 Å². The number of anilines is 1. The van der Waals surface area contributed by atoms with Crippen LogP contribution in [0.3, 0.4) is 0 Å². The Kier molecular flexibility index (Phi) is 4.10. The Labute approximate surface area is 122 Å². The summed E-state index contributed by atoms with van der Waals surface area (Å²) in [7, 11) is 0.